The van der Waals surface area contributed by atoms with Gasteiger partial charge in [0, 0.05) is 38.4 Å². The number of nitro groups is 1. The van der Waals surface area contributed by atoms with Crippen LogP contribution in [0.15, 0.2) is 30.3 Å². The number of rotatable bonds is 8. The fraction of sp³-hybridized carbons (Fsp3) is 0.409. The van der Waals surface area contributed by atoms with Gasteiger partial charge in [0.1, 0.15) is 5.56 Å². The molecule has 1 aliphatic heterocycles. The fourth-order valence-corrected chi connectivity index (χ4v) is 3.93. The molecule has 0 saturated carbocycles. The van der Waals surface area contributed by atoms with Crippen LogP contribution in [0.25, 0.3) is 0 Å². The fourth-order valence-electron chi connectivity index (χ4n) is 3.93. The van der Waals surface area contributed by atoms with E-state index in [0.717, 1.165) is 37.2 Å². The largest absolute Gasteiger partial charge is 0.493 e. The maximum atomic E-state index is 13.3. The molecule has 1 saturated heterocycles. The van der Waals surface area contributed by atoms with Gasteiger partial charge in [-0.3, -0.25) is 14.9 Å². The molecule has 0 aliphatic carbocycles. The summed E-state index contributed by atoms with van der Waals surface area (Å²) in [6, 6.07) is 9.24. The van der Waals surface area contributed by atoms with Crippen molar-refractivity contribution in [2.45, 2.75) is 19.4 Å². The SMILES string of the molecule is COc1cc(C(=O)N(C)Cc2ccccc2N2CCCC2)c([N+](=O)[O-])c(OC)c1OC. The lowest BCUT2D eigenvalue weighted by molar-refractivity contribution is -0.386. The van der Waals surface area contributed by atoms with E-state index in [4.69, 9.17) is 14.2 Å². The van der Waals surface area contributed by atoms with E-state index in [2.05, 4.69) is 4.90 Å². The van der Waals surface area contributed by atoms with E-state index in [9.17, 15) is 14.9 Å². The van der Waals surface area contributed by atoms with Crippen LogP contribution in [0.3, 0.4) is 0 Å². The normalized spacial score (nSPS) is 13.1. The number of hydrogen-bond donors (Lipinski definition) is 0. The van der Waals surface area contributed by atoms with Gasteiger partial charge in [-0.25, -0.2) is 0 Å². The lowest BCUT2D eigenvalue weighted by atomic mass is 10.1. The maximum Gasteiger partial charge on any atom is 0.327 e. The van der Waals surface area contributed by atoms with Crippen molar-refractivity contribution in [2.24, 2.45) is 0 Å². The van der Waals surface area contributed by atoms with Crippen LogP contribution in [0.2, 0.25) is 0 Å². The maximum absolute atomic E-state index is 13.3. The minimum absolute atomic E-state index is 0.0651. The molecule has 9 nitrogen and oxygen atoms in total. The van der Waals surface area contributed by atoms with Gasteiger partial charge in [0.05, 0.1) is 26.3 Å². The number of carbonyl (C=O) groups excluding carboxylic acids is 1. The Morgan fingerprint density at radius 2 is 1.74 bits per heavy atom. The molecule has 3 rings (SSSR count). The third-order valence-electron chi connectivity index (χ3n) is 5.41. The molecule has 2 aromatic rings. The van der Waals surface area contributed by atoms with Gasteiger partial charge < -0.3 is 24.0 Å². The highest BCUT2D eigenvalue weighted by Crippen LogP contribution is 2.46. The van der Waals surface area contributed by atoms with Crippen LogP contribution in [0, 0.1) is 10.1 Å². The first-order valence-corrected chi connectivity index (χ1v) is 9.98. The van der Waals surface area contributed by atoms with Crippen molar-refractivity contribution in [1.29, 1.82) is 0 Å². The number of carbonyl (C=O) groups is 1. The molecule has 0 aromatic heterocycles. The van der Waals surface area contributed by atoms with Crippen LogP contribution in [-0.4, -0.2) is 57.2 Å². The summed E-state index contributed by atoms with van der Waals surface area (Å²) < 4.78 is 15.7. The zero-order chi connectivity index (χ0) is 22.5. The van der Waals surface area contributed by atoms with Crippen molar-refractivity contribution in [3.8, 4) is 17.2 Å². The van der Waals surface area contributed by atoms with Crippen molar-refractivity contribution in [2.75, 3.05) is 46.4 Å². The molecule has 2 aromatic carbocycles. The van der Waals surface area contributed by atoms with E-state index in [-0.39, 0.29) is 22.8 Å². The van der Waals surface area contributed by atoms with E-state index in [1.807, 2.05) is 24.3 Å². The molecule has 1 fully saturated rings. The quantitative estimate of drug-likeness (QED) is 0.468. The number of para-hydroxylation sites is 1. The van der Waals surface area contributed by atoms with Crippen LogP contribution >= 0.6 is 0 Å². The van der Waals surface area contributed by atoms with Crippen LogP contribution in [0.4, 0.5) is 11.4 Å². The molecule has 1 heterocycles. The molecule has 0 spiro atoms. The Morgan fingerprint density at radius 1 is 1.10 bits per heavy atom. The van der Waals surface area contributed by atoms with E-state index in [1.54, 1.807) is 7.05 Å². The first-order chi connectivity index (χ1) is 14.9. The molecule has 1 amide bonds. The van der Waals surface area contributed by atoms with Gasteiger partial charge in [-0.2, -0.15) is 0 Å². The number of nitro benzene ring substituents is 1. The Morgan fingerprint density at radius 3 is 2.32 bits per heavy atom. The summed E-state index contributed by atoms with van der Waals surface area (Å²) in [5.41, 5.74) is 1.49. The van der Waals surface area contributed by atoms with Gasteiger partial charge in [-0.05, 0) is 24.5 Å². The molecule has 0 radical (unpaired) electrons. The summed E-state index contributed by atoms with van der Waals surface area (Å²) in [4.78, 5) is 28.3. The molecular weight excluding hydrogens is 402 g/mol. The van der Waals surface area contributed by atoms with E-state index in [0.29, 0.717) is 6.54 Å². The number of benzene rings is 2. The molecule has 166 valence electrons. The number of anilines is 1. The molecule has 0 unspecified atom stereocenters. The van der Waals surface area contributed by atoms with Crippen LogP contribution < -0.4 is 19.1 Å². The molecular formula is C22H27N3O6. The summed E-state index contributed by atoms with van der Waals surface area (Å²) in [6.45, 7) is 2.26. The van der Waals surface area contributed by atoms with Crippen molar-refractivity contribution in [3.05, 3.63) is 51.6 Å². The smallest absolute Gasteiger partial charge is 0.327 e. The first-order valence-electron chi connectivity index (χ1n) is 9.98. The number of amides is 1. The standard InChI is InChI=1S/C22H27N3O6/c1-23(14-15-9-5-6-10-17(15)24-11-7-8-12-24)22(26)16-13-18(29-2)20(30-3)21(31-4)19(16)25(27)28/h5-6,9-10,13H,7-8,11-12,14H2,1-4H3. The zero-order valence-electron chi connectivity index (χ0n) is 18.2. The average Bonchev–Trinajstić information content (AvgIpc) is 3.31. The molecule has 9 heteroatoms. The van der Waals surface area contributed by atoms with Crippen molar-refractivity contribution >= 4 is 17.3 Å². The minimum atomic E-state index is -0.639. The van der Waals surface area contributed by atoms with Crippen molar-refractivity contribution < 1.29 is 23.9 Å². The summed E-state index contributed by atoms with van der Waals surface area (Å²) in [5.74, 6) is -0.419. The number of ether oxygens (including phenoxy) is 3. The van der Waals surface area contributed by atoms with Gasteiger partial charge in [0.25, 0.3) is 5.91 Å². The average molecular weight is 429 g/mol. The summed E-state index contributed by atoms with van der Waals surface area (Å²) in [6.07, 6.45) is 2.28. The van der Waals surface area contributed by atoms with Crippen molar-refractivity contribution in [3.63, 3.8) is 0 Å². The monoisotopic (exact) mass is 429 g/mol. The summed E-state index contributed by atoms with van der Waals surface area (Å²) >= 11 is 0. The lowest BCUT2D eigenvalue weighted by Gasteiger charge is -2.25. The zero-order valence-corrected chi connectivity index (χ0v) is 18.2. The molecule has 31 heavy (non-hydrogen) atoms. The Kier molecular flexibility index (Phi) is 6.84. The van der Waals surface area contributed by atoms with Gasteiger partial charge in [-0.15, -0.1) is 0 Å². The number of hydrogen-bond acceptors (Lipinski definition) is 7. The highest BCUT2D eigenvalue weighted by Gasteiger charge is 2.33. The second-order valence-corrected chi connectivity index (χ2v) is 7.28. The minimum Gasteiger partial charge on any atom is -0.493 e. The van der Waals surface area contributed by atoms with Gasteiger partial charge >= 0.3 is 5.69 Å². The van der Waals surface area contributed by atoms with Gasteiger partial charge in [0.15, 0.2) is 5.75 Å². The number of methoxy groups -OCH3 is 3. The Labute approximate surface area is 181 Å². The molecule has 0 N–H and O–H groups in total. The Hall–Kier alpha value is -3.49. The topological polar surface area (TPSA) is 94.4 Å². The Balaban J connectivity index is 1.99. The van der Waals surface area contributed by atoms with E-state index < -0.39 is 16.5 Å². The molecule has 1 aliphatic rings. The van der Waals surface area contributed by atoms with E-state index in [1.165, 1.54) is 32.3 Å². The third-order valence-corrected chi connectivity index (χ3v) is 5.41. The first kappa shape index (κ1) is 22.2. The third kappa shape index (κ3) is 4.35. The second-order valence-electron chi connectivity index (χ2n) is 7.28. The lowest BCUT2D eigenvalue weighted by Crippen LogP contribution is -2.28. The predicted molar refractivity (Wildman–Crippen MR) is 116 cm³/mol. The summed E-state index contributed by atoms with van der Waals surface area (Å²) in [7, 11) is 5.66. The van der Waals surface area contributed by atoms with Crippen molar-refractivity contribution in [1.82, 2.24) is 4.90 Å². The highest BCUT2D eigenvalue weighted by molar-refractivity contribution is 6.00. The molecule has 0 bridgehead atoms. The summed E-state index contributed by atoms with van der Waals surface area (Å²) in [5, 5.41) is 11.8. The van der Waals surface area contributed by atoms with Gasteiger partial charge in [0.2, 0.25) is 11.5 Å². The van der Waals surface area contributed by atoms with E-state index >= 15 is 0 Å². The highest BCUT2D eigenvalue weighted by atomic mass is 16.6. The number of nitrogens with zero attached hydrogens (tertiary/aromatic N) is 3. The second kappa shape index (κ2) is 9.55. The van der Waals surface area contributed by atoms with Crippen LogP contribution in [0.5, 0.6) is 17.2 Å². The predicted octanol–water partition coefficient (Wildman–Crippen LogP) is 3.49. The van der Waals surface area contributed by atoms with Crippen LogP contribution in [0.1, 0.15) is 28.8 Å². The van der Waals surface area contributed by atoms with Crippen LogP contribution in [-0.2, 0) is 6.54 Å². The van der Waals surface area contributed by atoms with Gasteiger partial charge in [-0.1, -0.05) is 18.2 Å². The Bertz CT molecular complexity index is 972. The molecule has 0 atom stereocenters.